The first-order valence-corrected chi connectivity index (χ1v) is 18.0. The Morgan fingerprint density at radius 3 is 1.29 bits per heavy atom. The summed E-state index contributed by atoms with van der Waals surface area (Å²) in [5, 5.41) is 0. The largest absolute Gasteiger partial charge is 0.147 e. The average Bonchev–Trinajstić information content (AvgIpc) is 3.36. The van der Waals surface area contributed by atoms with E-state index in [1.807, 2.05) is 6.56 Å². The van der Waals surface area contributed by atoms with Crippen LogP contribution in [0.4, 0.5) is 0 Å². The minimum absolute atomic E-state index is 0. The molecule has 0 bridgehead atoms. The van der Waals surface area contributed by atoms with Crippen LogP contribution in [-0.4, -0.2) is 0 Å². The number of rotatable bonds is 4. The van der Waals surface area contributed by atoms with E-state index in [0.717, 1.165) is 0 Å². The third-order valence-corrected chi connectivity index (χ3v) is 19.3. The summed E-state index contributed by atoms with van der Waals surface area (Å²) in [7, 11) is 0. The molecule has 3 heteroatoms. The van der Waals surface area contributed by atoms with Crippen molar-refractivity contribution >= 4 is 37.0 Å². The summed E-state index contributed by atoms with van der Waals surface area (Å²) in [6, 6.07) is 35.7. The van der Waals surface area contributed by atoms with Crippen molar-refractivity contribution in [3.05, 3.63) is 126 Å². The number of halogens is 2. The maximum absolute atomic E-state index is 2.63. The Kier molecular flexibility index (Phi) is 6.80. The van der Waals surface area contributed by atoms with Crippen LogP contribution >= 0.6 is 24.8 Å². The molecule has 7 rings (SSSR count). The molecule has 3 aliphatic rings. The SMILES string of the molecule is C1=[C]([Zr]2([C]3=Cc4c(cccc4-c4ccccc4)C3)[CH2][CH2]2)Cc2cccc(-c3ccccc3)c21.Cl.Cl. The first-order valence-electron chi connectivity index (χ1n) is 12.1. The number of benzene rings is 4. The van der Waals surface area contributed by atoms with Gasteiger partial charge in [0, 0.05) is 0 Å². The third-order valence-electron chi connectivity index (χ3n) is 7.94. The van der Waals surface area contributed by atoms with Crippen LogP contribution in [-0.2, 0) is 33.1 Å². The van der Waals surface area contributed by atoms with Crippen LogP contribution in [0.1, 0.15) is 22.3 Å². The van der Waals surface area contributed by atoms with Crippen molar-refractivity contribution < 1.29 is 20.3 Å². The predicted molar refractivity (Wildman–Crippen MR) is 151 cm³/mol. The molecule has 174 valence electrons. The molecule has 0 amide bonds. The summed E-state index contributed by atoms with van der Waals surface area (Å²) < 4.78 is 6.66. The molecular formula is C32H28Cl2Zr. The minimum Gasteiger partial charge on any atom is -0.147 e. The quantitative estimate of drug-likeness (QED) is 0.228. The average molecular weight is 575 g/mol. The fourth-order valence-electron chi connectivity index (χ4n) is 6.06. The van der Waals surface area contributed by atoms with Crippen LogP contribution in [0, 0.1) is 0 Å². The van der Waals surface area contributed by atoms with Gasteiger partial charge >= 0.3 is 202 Å². The van der Waals surface area contributed by atoms with Gasteiger partial charge in [0.25, 0.3) is 0 Å². The van der Waals surface area contributed by atoms with Crippen molar-refractivity contribution in [2.45, 2.75) is 21.1 Å². The monoisotopic (exact) mass is 572 g/mol. The van der Waals surface area contributed by atoms with Crippen molar-refractivity contribution in [2.75, 3.05) is 0 Å². The third kappa shape index (κ3) is 4.13. The Morgan fingerprint density at radius 2 is 0.886 bits per heavy atom. The van der Waals surface area contributed by atoms with Gasteiger partial charge in [-0.3, -0.25) is 0 Å². The van der Waals surface area contributed by atoms with Crippen molar-refractivity contribution in [3.63, 3.8) is 0 Å². The smallest absolute Gasteiger partial charge is 0.147 e. The molecule has 0 radical (unpaired) electrons. The summed E-state index contributed by atoms with van der Waals surface area (Å²) in [4.78, 5) is 0. The van der Waals surface area contributed by atoms with Crippen LogP contribution in [0.2, 0.25) is 8.26 Å². The molecule has 1 heterocycles. The molecule has 35 heavy (non-hydrogen) atoms. The maximum atomic E-state index is 2.63. The van der Waals surface area contributed by atoms with Crippen molar-refractivity contribution in [3.8, 4) is 22.3 Å². The first-order chi connectivity index (χ1) is 16.3. The number of fused-ring (bicyclic) bond motifs is 2. The van der Waals surface area contributed by atoms with E-state index in [1.54, 1.807) is 0 Å². The normalized spacial score (nSPS) is 16.2. The number of allylic oxidation sites excluding steroid dienone is 2. The molecule has 0 unspecified atom stereocenters. The minimum atomic E-state index is -2.42. The molecule has 0 N–H and O–H groups in total. The zero-order valence-corrected chi connectivity index (χ0v) is 23.6. The molecule has 1 fully saturated rings. The molecule has 0 saturated carbocycles. The summed E-state index contributed by atoms with van der Waals surface area (Å²) in [5.74, 6) is 0. The molecule has 2 aliphatic carbocycles. The van der Waals surface area contributed by atoms with Gasteiger partial charge in [0.15, 0.2) is 0 Å². The van der Waals surface area contributed by atoms with E-state index in [1.165, 1.54) is 65.6 Å². The second-order valence-corrected chi connectivity index (χ2v) is 20.7. The van der Waals surface area contributed by atoms with Crippen LogP contribution in [0.15, 0.2) is 104 Å². The van der Waals surface area contributed by atoms with Crippen LogP contribution in [0.25, 0.3) is 34.4 Å². The fraction of sp³-hybridized carbons (Fsp3) is 0.125. The van der Waals surface area contributed by atoms with Gasteiger partial charge in [-0.05, 0) is 0 Å². The van der Waals surface area contributed by atoms with Crippen molar-refractivity contribution in [2.24, 2.45) is 0 Å². The Balaban J connectivity index is 0.00000127. The van der Waals surface area contributed by atoms with Gasteiger partial charge in [0.1, 0.15) is 0 Å². The molecule has 0 atom stereocenters. The summed E-state index contributed by atoms with van der Waals surface area (Å²) in [5.41, 5.74) is 11.5. The Hall–Kier alpha value is -2.18. The molecule has 1 aliphatic heterocycles. The topological polar surface area (TPSA) is 0 Å². The second kappa shape index (κ2) is 9.70. The predicted octanol–water partition coefficient (Wildman–Crippen LogP) is 9.36. The molecule has 1 saturated heterocycles. The first kappa shape index (κ1) is 24.5. The maximum Gasteiger partial charge on any atom is -0.147 e. The zero-order chi connectivity index (χ0) is 21.8. The summed E-state index contributed by atoms with van der Waals surface area (Å²) in [6.07, 6.45) is 7.63. The number of hydrogen-bond acceptors (Lipinski definition) is 0. The van der Waals surface area contributed by atoms with E-state index >= 15 is 0 Å². The van der Waals surface area contributed by atoms with E-state index in [9.17, 15) is 0 Å². The van der Waals surface area contributed by atoms with Crippen molar-refractivity contribution in [1.29, 1.82) is 0 Å². The van der Waals surface area contributed by atoms with E-state index in [0.29, 0.717) is 0 Å². The van der Waals surface area contributed by atoms with Crippen LogP contribution in [0.3, 0.4) is 0 Å². The molecule has 0 nitrogen and oxygen atoms in total. The van der Waals surface area contributed by atoms with Gasteiger partial charge in [-0.25, -0.2) is 0 Å². The van der Waals surface area contributed by atoms with E-state index < -0.39 is 20.3 Å². The molecule has 4 aromatic carbocycles. The van der Waals surface area contributed by atoms with Gasteiger partial charge in [-0.1, -0.05) is 0 Å². The standard InChI is InChI=1S/2C15H11.C2H4.2ClH.Zr/c2*1-2-6-12(7-3-1)14-10-4-8-13-9-5-11-15(13)14;1-2;;;/h2*1-4,6-8,10-11H,9H2;1-2H2;2*1H;. The zero-order valence-electron chi connectivity index (χ0n) is 19.5. The van der Waals surface area contributed by atoms with Crippen LogP contribution in [0.5, 0.6) is 0 Å². The second-order valence-electron chi connectivity index (χ2n) is 9.76. The van der Waals surface area contributed by atoms with E-state index in [4.69, 9.17) is 0 Å². The van der Waals surface area contributed by atoms with Crippen LogP contribution < -0.4 is 0 Å². The van der Waals surface area contributed by atoms with E-state index in [-0.39, 0.29) is 24.8 Å². The van der Waals surface area contributed by atoms with Gasteiger partial charge in [-0.15, -0.1) is 24.8 Å². The van der Waals surface area contributed by atoms with Crippen molar-refractivity contribution in [1.82, 2.24) is 0 Å². The Bertz CT molecular complexity index is 1340. The molecule has 4 aromatic rings. The van der Waals surface area contributed by atoms with Gasteiger partial charge < -0.3 is 0 Å². The summed E-state index contributed by atoms with van der Waals surface area (Å²) in [6.45, 7) is 0. The molecular weight excluding hydrogens is 546 g/mol. The molecule has 0 spiro atoms. The van der Waals surface area contributed by atoms with E-state index in [2.05, 4.69) is 109 Å². The van der Waals surface area contributed by atoms with Gasteiger partial charge in [0.2, 0.25) is 0 Å². The Morgan fingerprint density at radius 1 is 0.457 bits per heavy atom. The number of hydrogen-bond donors (Lipinski definition) is 0. The Labute approximate surface area is 225 Å². The fourth-order valence-corrected chi connectivity index (χ4v) is 19.2. The molecule has 0 aromatic heterocycles. The summed E-state index contributed by atoms with van der Waals surface area (Å²) >= 11 is -2.42. The van der Waals surface area contributed by atoms with Gasteiger partial charge in [-0.2, -0.15) is 0 Å². The van der Waals surface area contributed by atoms with Gasteiger partial charge in [0.05, 0.1) is 0 Å².